The Morgan fingerprint density at radius 1 is 1.12 bits per heavy atom. The number of benzene rings is 2. The molecule has 0 unspecified atom stereocenters. The van der Waals surface area contributed by atoms with Crippen LogP contribution in [0.2, 0.25) is 5.02 Å². The van der Waals surface area contributed by atoms with Crippen LogP contribution < -0.4 is 10.9 Å². The number of carbonyl (C=O) groups excluding carboxylic acids is 1. The number of hydrogen-bond acceptors (Lipinski definition) is 5. The molecule has 0 spiro atoms. The highest BCUT2D eigenvalue weighted by molar-refractivity contribution is 7.21. The summed E-state index contributed by atoms with van der Waals surface area (Å²) in [5.74, 6) is -0.433. The van der Waals surface area contributed by atoms with Crippen LogP contribution in [0.4, 0.5) is 0 Å². The monoisotopic (exact) mass is 382 g/mol. The molecule has 1 N–H and O–H groups in total. The van der Waals surface area contributed by atoms with E-state index < -0.39 is 5.91 Å². The lowest BCUT2D eigenvalue weighted by molar-refractivity contribution is 0.0959. The van der Waals surface area contributed by atoms with E-state index in [4.69, 9.17) is 16.0 Å². The molecule has 0 radical (unpaired) electrons. The maximum Gasteiger partial charge on any atom is 0.283 e. The van der Waals surface area contributed by atoms with Crippen molar-refractivity contribution < 1.29 is 9.21 Å². The number of hydrogen-bond donors (Lipinski definition) is 1. The molecule has 2 aromatic carbocycles. The molecule has 2 aromatic heterocycles. The molecule has 0 fully saturated rings. The van der Waals surface area contributed by atoms with Crippen LogP contribution in [0.25, 0.3) is 21.1 Å². The fourth-order valence-corrected chi connectivity index (χ4v) is 3.96. The van der Waals surface area contributed by atoms with E-state index in [-0.39, 0.29) is 11.0 Å². The fraction of sp³-hybridized carbons (Fsp3) is 0. The van der Waals surface area contributed by atoms with E-state index in [0.717, 1.165) is 10.1 Å². The molecular weight excluding hydrogens is 372 g/mol. The smallest absolute Gasteiger partial charge is 0.283 e. The third kappa shape index (κ3) is 2.89. The van der Waals surface area contributed by atoms with Crippen LogP contribution in [0.1, 0.15) is 15.2 Å². The normalized spacial score (nSPS) is 11.4. The zero-order chi connectivity index (χ0) is 18.1. The van der Waals surface area contributed by atoms with Crippen molar-refractivity contribution in [3.63, 3.8) is 0 Å². The molecule has 4 rings (SSSR count). The Hall–Kier alpha value is -2.96. The number of thiophene rings is 1. The van der Waals surface area contributed by atoms with Crippen LogP contribution in [0.15, 0.2) is 69.1 Å². The standard InChI is InChI=1S/C19H11ClN2O3S/c20-16-13-6-2-4-8-15(13)26-18(16)19(24)22-21-9-11-10-25-14-7-3-1-5-12(14)17(11)23/h1-10H,(H,22,24)/b21-9-. The van der Waals surface area contributed by atoms with Crippen molar-refractivity contribution in [1.82, 2.24) is 5.43 Å². The van der Waals surface area contributed by atoms with E-state index in [0.29, 0.717) is 20.9 Å². The summed E-state index contributed by atoms with van der Waals surface area (Å²) in [6, 6.07) is 14.4. The maximum atomic E-state index is 12.4. The minimum Gasteiger partial charge on any atom is -0.463 e. The van der Waals surface area contributed by atoms with Crippen LogP contribution in [0.5, 0.6) is 0 Å². The molecule has 128 valence electrons. The Kier molecular flexibility index (Phi) is 4.28. The molecule has 1 amide bonds. The number of fused-ring (bicyclic) bond motifs is 2. The summed E-state index contributed by atoms with van der Waals surface area (Å²) in [5, 5.41) is 5.53. The van der Waals surface area contributed by atoms with E-state index in [1.807, 2.05) is 24.3 Å². The van der Waals surface area contributed by atoms with Crippen molar-refractivity contribution in [2.24, 2.45) is 5.10 Å². The topological polar surface area (TPSA) is 71.7 Å². The summed E-state index contributed by atoms with van der Waals surface area (Å²) in [7, 11) is 0. The average Bonchev–Trinajstić information content (AvgIpc) is 3.01. The second kappa shape index (κ2) is 6.74. The molecule has 0 atom stereocenters. The Bertz CT molecular complexity index is 1230. The summed E-state index contributed by atoms with van der Waals surface area (Å²) in [5.41, 5.74) is 2.92. The van der Waals surface area contributed by atoms with Crippen molar-refractivity contribution in [2.75, 3.05) is 0 Å². The lowest BCUT2D eigenvalue weighted by Gasteiger charge is -1.99. The number of para-hydroxylation sites is 1. The number of hydrazone groups is 1. The Balaban J connectivity index is 1.58. The second-order valence-corrected chi connectivity index (χ2v) is 6.89. The minimum atomic E-state index is -0.433. The first-order valence-corrected chi connectivity index (χ1v) is 8.85. The lowest BCUT2D eigenvalue weighted by atomic mass is 10.2. The van der Waals surface area contributed by atoms with Crippen LogP contribution in [0.3, 0.4) is 0 Å². The van der Waals surface area contributed by atoms with E-state index in [1.54, 1.807) is 24.3 Å². The number of amides is 1. The molecule has 0 aliphatic heterocycles. The zero-order valence-corrected chi connectivity index (χ0v) is 14.8. The number of rotatable bonds is 3. The molecule has 0 bridgehead atoms. The molecule has 4 aromatic rings. The lowest BCUT2D eigenvalue weighted by Crippen LogP contribution is -2.17. The highest BCUT2D eigenvalue weighted by atomic mass is 35.5. The van der Waals surface area contributed by atoms with E-state index in [2.05, 4.69) is 10.5 Å². The van der Waals surface area contributed by atoms with Gasteiger partial charge >= 0.3 is 0 Å². The van der Waals surface area contributed by atoms with Gasteiger partial charge in [0.1, 0.15) is 16.7 Å². The number of nitrogens with zero attached hydrogens (tertiary/aromatic N) is 1. The molecule has 7 heteroatoms. The van der Waals surface area contributed by atoms with Crippen molar-refractivity contribution in [2.45, 2.75) is 0 Å². The first kappa shape index (κ1) is 16.5. The predicted molar refractivity (Wildman–Crippen MR) is 104 cm³/mol. The maximum absolute atomic E-state index is 12.4. The van der Waals surface area contributed by atoms with Crippen LogP contribution in [0, 0.1) is 0 Å². The SMILES string of the molecule is O=C(N/N=C\c1coc2ccccc2c1=O)c1sc2ccccc2c1Cl. The summed E-state index contributed by atoms with van der Waals surface area (Å²) in [6.45, 7) is 0. The largest absolute Gasteiger partial charge is 0.463 e. The van der Waals surface area contributed by atoms with Gasteiger partial charge in [-0.05, 0) is 18.2 Å². The van der Waals surface area contributed by atoms with Crippen molar-refractivity contribution in [3.8, 4) is 0 Å². The highest BCUT2D eigenvalue weighted by Gasteiger charge is 2.16. The third-order valence-electron chi connectivity index (χ3n) is 3.82. The summed E-state index contributed by atoms with van der Waals surface area (Å²) >= 11 is 7.56. The van der Waals surface area contributed by atoms with Gasteiger partial charge in [-0.1, -0.05) is 41.9 Å². The average molecular weight is 383 g/mol. The quantitative estimate of drug-likeness (QED) is 0.421. The Labute approximate surface area is 156 Å². The van der Waals surface area contributed by atoms with Gasteiger partial charge in [-0.2, -0.15) is 5.10 Å². The fourth-order valence-electron chi connectivity index (χ4n) is 2.55. The van der Waals surface area contributed by atoms with Gasteiger partial charge in [0, 0.05) is 10.1 Å². The molecule has 0 aliphatic rings. The van der Waals surface area contributed by atoms with E-state index >= 15 is 0 Å². The number of nitrogens with one attached hydrogen (secondary N) is 1. The number of halogens is 1. The minimum absolute atomic E-state index is 0.218. The first-order valence-electron chi connectivity index (χ1n) is 7.66. The van der Waals surface area contributed by atoms with Gasteiger partial charge in [-0.3, -0.25) is 9.59 Å². The van der Waals surface area contributed by atoms with Gasteiger partial charge in [0.05, 0.1) is 22.2 Å². The summed E-state index contributed by atoms with van der Waals surface area (Å²) in [4.78, 5) is 25.1. The van der Waals surface area contributed by atoms with Gasteiger partial charge in [0.2, 0.25) is 5.43 Å². The molecular formula is C19H11ClN2O3S. The molecule has 5 nitrogen and oxygen atoms in total. The second-order valence-electron chi connectivity index (χ2n) is 5.46. The van der Waals surface area contributed by atoms with Gasteiger partial charge in [-0.25, -0.2) is 5.43 Å². The molecule has 26 heavy (non-hydrogen) atoms. The highest BCUT2D eigenvalue weighted by Crippen LogP contribution is 2.34. The number of carbonyl (C=O) groups is 1. The third-order valence-corrected chi connectivity index (χ3v) is 5.49. The van der Waals surface area contributed by atoms with Gasteiger partial charge in [0.15, 0.2) is 0 Å². The zero-order valence-electron chi connectivity index (χ0n) is 13.2. The van der Waals surface area contributed by atoms with Crippen molar-refractivity contribution in [3.05, 3.63) is 80.5 Å². The predicted octanol–water partition coefficient (Wildman–Crippen LogP) is 4.43. The van der Waals surface area contributed by atoms with Crippen LogP contribution >= 0.6 is 22.9 Å². The van der Waals surface area contributed by atoms with Crippen molar-refractivity contribution in [1.29, 1.82) is 0 Å². The van der Waals surface area contributed by atoms with Gasteiger partial charge < -0.3 is 4.42 Å². The summed E-state index contributed by atoms with van der Waals surface area (Å²) < 4.78 is 6.32. The molecule has 0 saturated heterocycles. The van der Waals surface area contributed by atoms with Crippen LogP contribution in [-0.4, -0.2) is 12.1 Å². The Morgan fingerprint density at radius 2 is 1.85 bits per heavy atom. The van der Waals surface area contributed by atoms with Crippen molar-refractivity contribution >= 4 is 56.1 Å². The first-order chi connectivity index (χ1) is 12.6. The Morgan fingerprint density at radius 3 is 2.65 bits per heavy atom. The molecule has 0 aliphatic carbocycles. The van der Waals surface area contributed by atoms with Gasteiger partial charge in [-0.15, -0.1) is 11.3 Å². The van der Waals surface area contributed by atoms with E-state index in [1.165, 1.54) is 23.8 Å². The van der Waals surface area contributed by atoms with Gasteiger partial charge in [0.25, 0.3) is 5.91 Å². The van der Waals surface area contributed by atoms with Crippen LogP contribution in [-0.2, 0) is 0 Å². The summed E-state index contributed by atoms with van der Waals surface area (Å²) in [6.07, 6.45) is 2.57. The molecule has 0 saturated carbocycles. The van der Waals surface area contributed by atoms with E-state index in [9.17, 15) is 9.59 Å². The molecule has 2 heterocycles.